The fourth-order valence-corrected chi connectivity index (χ4v) is 17.1. The number of hydrogen-bond donors (Lipinski definition) is 19. The van der Waals surface area contributed by atoms with Gasteiger partial charge in [0.25, 0.3) is 0 Å². The Morgan fingerprint density at radius 3 is 1.47 bits per heavy atom. The van der Waals surface area contributed by atoms with Crippen molar-refractivity contribution in [2.45, 2.75) is 284 Å². The van der Waals surface area contributed by atoms with E-state index in [9.17, 15) is 97.0 Å². The molecule has 9 rings (SSSR count). The zero-order chi connectivity index (χ0) is 65.5. The number of aliphatic hydroxyl groups is 19. The molecule has 0 spiro atoms. The molecule has 29 heteroatoms. The van der Waals surface area contributed by atoms with Crippen molar-refractivity contribution in [1.29, 1.82) is 0 Å². The highest BCUT2D eigenvalue weighted by Crippen LogP contribution is 2.75. The van der Waals surface area contributed by atoms with Gasteiger partial charge < -0.3 is 144 Å². The molecule has 9 aliphatic rings. The third-order valence-corrected chi connectivity index (χ3v) is 22.9. The third-order valence-electron chi connectivity index (χ3n) is 22.9. The molecule has 0 unspecified atom stereocenters. The van der Waals surface area contributed by atoms with Crippen molar-refractivity contribution in [3.05, 3.63) is 11.6 Å². The summed E-state index contributed by atoms with van der Waals surface area (Å²) in [6, 6.07) is 0. The molecule has 5 saturated heterocycles. The average molecular weight is 1290 g/mol. The van der Waals surface area contributed by atoms with E-state index in [1.807, 2.05) is 13.8 Å². The maximum atomic E-state index is 12.9. The van der Waals surface area contributed by atoms with Crippen molar-refractivity contribution >= 4 is 0 Å². The van der Waals surface area contributed by atoms with Gasteiger partial charge in [0.05, 0.1) is 56.9 Å². The summed E-state index contributed by atoms with van der Waals surface area (Å²) in [7, 11) is 0. The number of aliphatic hydroxyl groups excluding tert-OH is 18. The van der Waals surface area contributed by atoms with Gasteiger partial charge in [-0.05, 0) is 99.7 Å². The minimum atomic E-state index is -1.96. The summed E-state index contributed by atoms with van der Waals surface area (Å²) in [5.41, 5.74) is -2.61. The Kier molecular flexibility index (Phi) is 22.3. The van der Waals surface area contributed by atoms with Crippen LogP contribution in [0.25, 0.3) is 0 Å². The van der Waals surface area contributed by atoms with E-state index in [0.29, 0.717) is 32.1 Å². The van der Waals surface area contributed by atoms with E-state index in [1.165, 1.54) is 13.8 Å². The van der Waals surface area contributed by atoms with Gasteiger partial charge in [0.15, 0.2) is 31.5 Å². The zero-order valence-electron chi connectivity index (χ0n) is 51.8. The number of hydrogen-bond acceptors (Lipinski definition) is 29. The van der Waals surface area contributed by atoms with Gasteiger partial charge in [0, 0.05) is 10.8 Å². The average Bonchev–Trinajstić information content (AvgIpc) is 1.68. The van der Waals surface area contributed by atoms with Crippen LogP contribution in [0.4, 0.5) is 0 Å². The van der Waals surface area contributed by atoms with E-state index in [-0.39, 0.29) is 35.5 Å². The monoisotopic (exact) mass is 1290 g/mol. The van der Waals surface area contributed by atoms with Crippen LogP contribution in [0.2, 0.25) is 0 Å². The second-order valence-corrected chi connectivity index (χ2v) is 28.7. The van der Waals surface area contributed by atoms with E-state index in [0.717, 1.165) is 18.4 Å². The molecule has 8 fully saturated rings. The van der Waals surface area contributed by atoms with Crippen LogP contribution in [0.3, 0.4) is 0 Å². The summed E-state index contributed by atoms with van der Waals surface area (Å²) in [4.78, 5) is 0. The van der Waals surface area contributed by atoms with Crippen LogP contribution in [0.5, 0.6) is 0 Å². The smallest absolute Gasteiger partial charge is 0.187 e. The van der Waals surface area contributed by atoms with Crippen LogP contribution >= 0.6 is 0 Å². The molecule has 0 aromatic carbocycles. The Hall–Kier alpha value is -1.42. The Balaban J connectivity index is 0.908. The summed E-state index contributed by atoms with van der Waals surface area (Å²) in [6.07, 6.45) is -38.0. The number of rotatable bonds is 20. The third kappa shape index (κ3) is 13.0. The van der Waals surface area contributed by atoms with Crippen LogP contribution in [0, 0.1) is 45.3 Å². The van der Waals surface area contributed by atoms with Gasteiger partial charge in [-0.2, -0.15) is 0 Å². The van der Waals surface area contributed by atoms with Crippen LogP contribution in [0.1, 0.15) is 107 Å². The Bertz CT molecular complexity index is 2340. The fourth-order valence-electron chi connectivity index (χ4n) is 17.1. The Morgan fingerprint density at radius 1 is 0.517 bits per heavy atom. The lowest BCUT2D eigenvalue weighted by atomic mass is 9.38. The summed E-state index contributed by atoms with van der Waals surface area (Å²) < 4.78 is 60.0. The molecule has 35 atom stereocenters. The lowest BCUT2D eigenvalue weighted by Gasteiger charge is -2.67. The van der Waals surface area contributed by atoms with Crippen LogP contribution < -0.4 is 0 Å². The van der Waals surface area contributed by atoms with Gasteiger partial charge in [-0.3, -0.25) is 0 Å². The molecular weight excluding hydrogens is 1180 g/mol. The SMILES string of the molecule is C[C@H](CC[C@@H](O[C@@H]1O[C@H](CO[C@@H]2O[C@H](CO)[C@@H](O)[C@H](O)[C@H]2O)[C@@H](O)[C@H](O)[C@H]1O[C@@H]1O[C@H](CO)[C@@H](O)[C@H](O)[C@H]1O)C(C)(C)O)[C@H]1CC[C@@]2(C)[C@@H]3CC=C4[C@@H](CC[C@H](O[C@@H]5O[C@H](CO)[C@@H](O)[C@H](O)[C@H]5O[C@@H]5O[C@H](CO)[C@@H](O)[C@H](O)[C@H]5O)C4(C)C)[C@]3(C)[C@H](O)C[C@]12C. The van der Waals surface area contributed by atoms with Crippen LogP contribution in [0.15, 0.2) is 11.6 Å². The number of ether oxygens (including phenoxy) is 10. The maximum Gasteiger partial charge on any atom is 0.187 e. The highest BCUT2D eigenvalue weighted by molar-refractivity contribution is 5.32. The van der Waals surface area contributed by atoms with Crippen molar-refractivity contribution in [1.82, 2.24) is 0 Å². The molecule has 516 valence electrons. The first-order valence-electron chi connectivity index (χ1n) is 31.6. The van der Waals surface area contributed by atoms with E-state index < -0.39 is 227 Å². The van der Waals surface area contributed by atoms with Crippen LogP contribution in [-0.4, -0.2) is 308 Å². The Morgan fingerprint density at radius 2 is 0.966 bits per heavy atom. The quantitative estimate of drug-likeness (QED) is 0.0506. The molecule has 0 amide bonds. The summed E-state index contributed by atoms with van der Waals surface area (Å²) >= 11 is 0. The highest BCUT2D eigenvalue weighted by Gasteiger charge is 2.71. The largest absolute Gasteiger partial charge is 0.394 e. The van der Waals surface area contributed by atoms with E-state index in [2.05, 4.69) is 33.8 Å². The van der Waals surface area contributed by atoms with Crippen molar-refractivity contribution in [3.63, 3.8) is 0 Å². The molecular formula is C60H102O29. The molecule has 3 saturated carbocycles. The molecule has 5 heterocycles. The zero-order valence-corrected chi connectivity index (χ0v) is 51.8. The first kappa shape index (κ1) is 71.9. The van der Waals surface area contributed by atoms with Crippen LogP contribution in [-0.2, 0) is 47.4 Å². The van der Waals surface area contributed by atoms with Crippen molar-refractivity contribution in [2.75, 3.05) is 33.0 Å². The molecule has 89 heavy (non-hydrogen) atoms. The molecule has 19 N–H and O–H groups in total. The summed E-state index contributed by atoms with van der Waals surface area (Å²) in [5.74, 6) is -0.0822. The minimum absolute atomic E-state index is 0.0128. The topological polar surface area (TPSA) is 477 Å². The fraction of sp³-hybridized carbons (Fsp3) is 0.967. The molecule has 29 nitrogen and oxygen atoms in total. The lowest BCUT2D eigenvalue weighted by molar-refractivity contribution is -0.380. The minimum Gasteiger partial charge on any atom is -0.394 e. The predicted octanol–water partition coefficient (Wildman–Crippen LogP) is -5.41. The number of fused-ring (bicyclic) bond motifs is 5. The van der Waals surface area contributed by atoms with Gasteiger partial charge >= 0.3 is 0 Å². The molecule has 0 radical (unpaired) electrons. The highest BCUT2D eigenvalue weighted by atomic mass is 16.8. The normalized spacial score (nSPS) is 51.8. The summed E-state index contributed by atoms with van der Waals surface area (Å²) in [6.45, 7) is 12.3. The second-order valence-electron chi connectivity index (χ2n) is 28.7. The van der Waals surface area contributed by atoms with E-state index in [1.54, 1.807) is 0 Å². The lowest BCUT2D eigenvalue weighted by Crippen LogP contribution is -2.66. The molecule has 4 aliphatic carbocycles. The van der Waals surface area contributed by atoms with Crippen molar-refractivity contribution < 1.29 is 144 Å². The number of allylic oxidation sites excluding steroid dienone is 1. The van der Waals surface area contributed by atoms with Gasteiger partial charge in [-0.1, -0.05) is 53.2 Å². The van der Waals surface area contributed by atoms with Crippen molar-refractivity contribution in [3.8, 4) is 0 Å². The molecule has 0 aromatic rings. The van der Waals surface area contributed by atoms with Gasteiger partial charge in [-0.15, -0.1) is 0 Å². The van der Waals surface area contributed by atoms with Gasteiger partial charge in [0.2, 0.25) is 0 Å². The molecule has 0 aromatic heterocycles. The first-order chi connectivity index (χ1) is 41.7. The van der Waals surface area contributed by atoms with Gasteiger partial charge in [-0.25, -0.2) is 0 Å². The van der Waals surface area contributed by atoms with E-state index in [4.69, 9.17) is 47.4 Å². The summed E-state index contributed by atoms with van der Waals surface area (Å²) in [5, 5.41) is 205. The second kappa shape index (κ2) is 27.6. The first-order valence-corrected chi connectivity index (χ1v) is 31.6. The molecule has 5 aliphatic heterocycles. The molecule has 0 bridgehead atoms. The maximum absolute atomic E-state index is 12.9. The van der Waals surface area contributed by atoms with Gasteiger partial charge in [0.1, 0.15) is 122 Å². The Labute approximate surface area is 517 Å². The predicted molar refractivity (Wildman–Crippen MR) is 300 cm³/mol. The standard InChI is InChI=1S/C60H102O29/c1-23(9-13-35(57(4,5)79)87-55-50(89-53-48(78)43(73)38(68)29(20-63)83-53)45(75)40(70)31(85-55)22-80-51-46(76)41(71)36(66)27(18-61)81-51)24-15-16-58(6)32-12-10-25-26(60(32,8)33(65)17-59(24,58)7)11-14-34(56(25,2)3)86-54-49(44(74)39(69)30(21-64)84-54)88-52-47(77)42(72)37(67)28(19-62)82-52/h10,23-24,26-55,61-79H,9,11-22H2,1-8H3/t23-,24-,26-,27-,28-,29-,30-,31-,32+,33-,34+,35-,36-,37-,38-,39-,40-,41+,42+,43+,44+,45+,46-,47-,48-,49-,50-,51-,52+,53+,54+,55+,58+,59-,60+/m1/s1. The van der Waals surface area contributed by atoms with E-state index >= 15 is 0 Å². The van der Waals surface area contributed by atoms with Crippen molar-refractivity contribution in [2.24, 2.45) is 45.3 Å².